The van der Waals surface area contributed by atoms with E-state index < -0.39 is 0 Å². The highest BCUT2D eigenvalue weighted by Gasteiger charge is 1.96. The molecule has 0 fully saturated rings. The smallest absolute Gasteiger partial charge is 0.119 e. The first-order chi connectivity index (χ1) is 9.38. The monoisotopic (exact) mass is 256 g/mol. The average Bonchev–Trinajstić information content (AvgIpc) is 2.48. The quantitative estimate of drug-likeness (QED) is 0.747. The van der Waals surface area contributed by atoms with Gasteiger partial charge in [0.25, 0.3) is 0 Å². The summed E-state index contributed by atoms with van der Waals surface area (Å²) in [5.41, 5.74) is 2.29. The Balaban J connectivity index is 1.81. The molecule has 0 aliphatic rings. The largest absolute Gasteiger partial charge is 0.489 e. The van der Waals surface area contributed by atoms with E-state index >= 15 is 0 Å². The van der Waals surface area contributed by atoms with Crippen LogP contribution in [-0.4, -0.2) is 20.1 Å². The molecule has 2 rings (SSSR count). The molecule has 0 amide bonds. The first-order valence-electron chi connectivity index (χ1n) is 6.54. The lowest BCUT2D eigenvalue weighted by Gasteiger charge is -2.09. The van der Waals surface area contributed by atoms with Gasteiger partial charge in [0.2, 0.25) is 0 Å². The van der Waals surface area contributed by atoms with E-state index in [-0.39, 0.29) is 0 Å². The molecule has 2 aromatic carbocycles. The zero-order valence-electron chi connectivity index (χ0n) is 11.2. The second kappa shape index (κ2) is 7.44. The standard InChI is InChI=1S/C16H20N2O/c1-17-11-12-18-15-7-9-16(10-8-15)19-13-14-5-3-2-4-6-14/h2-10,17-18H,11-13H2,1H3. The molecule has 0 heterocycles. The summed E-state index contributed by atoms with van der Waals surface area (Å²) < 4.78 is 5.73. The van der Waals surface area contributed by atoms with Crippen LogP contribution in [0.4, 0.5) is 5.69 Å². The van der Waals surface area contributed by atoms with Crippen molar-refractivity contribution in [3.05, 3.63) is 60.2 Å². The van der Waals surface area contributed by atoms with E-state index in [0.717, 1.165) is 24.5 Å². The summed E-state index contributed by atoms with van der Waals surface area (Å²) in [6.07, 6.45) is 0. The van der Waals surface area contributed by atoms with Gasteiger partial charge in [-0.05, 0) is 36.9 Å². The molecule has 0 aromatic heterocycles. The summed E-state index contributed by atoms with van der Waals surface area (Å²) in [4.78, 5) is 0. The summed E-state index contributed by atoms with van der Waals surface area (Å²) in [5, 5.41) is 6.43. The molecule has 3 heteroatoms. The van der Waals surface area contributed by atoms with Crippen LogP contribution in [-0.2, 0) is 6.61 Å². The molecule has 0 aliphatic carbocycles. The first-order valence-corrected chi connectivity index (χ1v) is 6.54. The maximum absolute atomic E-state index is 5.73. The third-order valence-electron chi connectivity index (χ3n) is 2.81. The van der Waals surface area contributed by atoms with Crippen LogP contribution in [0.2, 0.25) is 0 Å². The zero-order chi connectivity index (χ0) is 13.3. The van der Waals surface area contributed by atoms with Crippen molar-refractivity contribution in [1.29, 1.82) is 0 Å². The van der Waals surface area contributed by atoms with Gasteiger partial charge in [0.1, 0.15) is 12.4 Å². The Hall–Kier alpha value is -2.00. The van der Waals surface area contributed by atoms with E-state index in [1.54, 1.807) is 0 Å². The molecular weight excluding hydrogens is 236 g/mol. The molecule has 19 heavy (non-hydrogen) atoms. The van der Waals surface area contributed by atoms with Gasteiger partial charge >= 0.3 is 0 Å². The van der Waals surface area contributed by atoms with Gasteiger partial charge < -0.3 is 15.4 Å². The van der Waals surface area contributed by atoms with Crippen molar-refractivity contribution >= 4 is 5.69 Å². The predicted molar refractivity (Wildman–Crippen MR) is 79.6 cm³/mol. The highest BCUT2D eigenvalue weighted by molar-refractivity contribution is 5.46. The van der Waals surface area contributed by atoms with Crippen LogP contribution in [0.15, 0.2) is 54.6 Å². The molecule has 0 spiro atoms. The Labute approximate surface area is 114 Å². The van der Waals surface area contributed by atoms with Gasteiger partial charge in [-0.15, -0.1) is 0 Å². The summed E-state index contributed by atoms with van der Waals surface area (Å²) in [5.74, 6) is 0.892. The second-order valence-corrected chi connectivity index (χ2v) is 4.33. The van der Waals surface area contributed by atoms with Gasteiger partial charge in [-0.1, -0.05) is 30.3 Å². The van der Waals surface area contributed by atoms with Crippen molar-refractivity contribution < 1.29 is 4.74 Å². The second-order valence-electron chi connectivity index (χ2n) is 4.33. The Bertz CT molecular complexity index is 468. The lowest BCUT2D eigenvalue weighted by molar-refractivity contribution is 0.306. The number of hydrogen-bond acceptors (Lipinski definition) is 3. The van der Waals surface area contributed by atoms with Gasteiger partial charge in [0.05, 0.1) is 0 Å². The van der Waals surface area contributed by atoms with Crippen molar-refractivity contribution in [2.75, 3.05) is 25.5 Å². The van der Waals surface area contributed by atoms with Crippen molar-refractivity contribution in [1.82, 2.24) is 5.32 Å². The molecule has 0 saturated carbocycles. The fourth-order valence-corrected chi connectivity index (χ4v) is 1.74. The maximum Gasteiger partial charge on any atom is 0.119 e. The fraction of sp³-hybridized carbons (Fsp3) is 0.250. The number of nitrogens with one attached hydrogen (secondary N) is 2. The van der Waals surface area contributed by atoms with Gasteiger partial charge in [-0.2, -0.15) is 0 Å². The van der Waals surface area contributed by atoms with Crippen LogP contribution in [0.5, 0.6) is 5.75 Å². The molecule has 0 saturated heterocycles. The number of anilines is 1. The van der Waals surface area contributed by atoms with Crippen LogP contribution in [0.3, 0.4) is 0 Å². The molecule has 2 N–H and O–H groups in total. The molecule has 0 aliphatic heterocycles. The van der Waals surface area contributed by atoms with Crippen molar-refractivity contribution in [3.8, 4) is 5.75 Å². The molecule has 0 atom stereocenters. The minimum absolute atomic E-state index is 0.605. The molecule has 2 aromatic rings. The molecular formula is C16H20N2O. The molecule has 0 unspecified atom stereocenters. The number of benzene rings is 2. The molecule has 0 radical (unpaired) electrons. The van der Waals surface area contributed by atoms with E-state index in [9.17, 15) is 0 Å². The lowest BCUT2D eigenvalue weighted by Crippen LogP contribution is -2.17. The van der Waals surface area contributed by atoms with Crippen LogP contribution in [0.1, 0.15) is 5.56 Å². The normalized spacial score (nSPS) is 10.2. The van der Waals surface area contributed by atoms with Crippen LogP contribution < -0.4 is 15.4 Å². The molecule has 3 nitrogen and oxygen atoms in total. The number of rotatable bonds is 7. The maximum atomic E-state index is 5.73. The Morgan fingerprint density at radius 1 is 0.895 bits per heavy atom. The van der Waals surface area contributed by atoms with Crippen LogP contribution in [0.25, 0.3) is 0 Å². The topological polar surface area (TPSA) is 33.3 Å². The fourth-order valence-electron chi connectivity index (χ4n) is 1.74. The Morgan fingerprint density at radius 3 is 2.32 bits per heavy atom. The van der Waals surface area contributed by atoms with Crippen LogP contribution >= 0.6 is 0 Å². The van der Waals surface area contributed by atoms with E-state index in [1.807, 2.05) is 49.5 Å². The minimum atomic E-state index is 0.605. The van der Waals surface area contributed by atoms with Gasteiger partial charge in [-0.3, -0.25) is 0 Å². The van der Waals surface area contributed by atoms with Crippen molar-refractivity contribution in [2.45, 2.75) is 6.61 Å². The number of likely N-dealkylation sites (N-methyl/N-ethyl adjacent to an activating group) is 1. The van der Waals surface area contributed by atoms with Crippen molar-refractivity contribution in [3.63, 3.8) is 0 Å². The number of ether oxygens (including phenoxy) is 1. The summed E-state index contributed by atoms with van der Waals surface area (Å²) in [7, 11) is 1.95. The van der Waals surface area contributed by atoms with Crippen molar-refractivity contribution in [2.24, 2.45) is 0 Å². The number of hydrogen-bond donors (Lipinski definition) is 2. The molecule has 0 bridgehead atoms. The van der Waals surface area contributed by atoms with Crippen LogP contribution in [0, 0.1) is 0 Å². The highest BCUT2D eigenvalue weighted by Crippen LogP contribution is 2.16. The zero-order valence-corrected chi connectivity index (χ0v) is 11.2. The predicted octanol–water partition coefficient (Wildman–Crippen LogP) is 2.90. The van der Waals surface area contributed by atoms with E-state index in [1.165, 1.54) is 5.56 Å². The summed E-state index contributed by atoms with van der Waals surface area (Å²) in [6, 6.07) is 18.2. The Morgan fingerprint density at radius 2 is 1.63 bits per heavy atom. The average molecular weight is 256 g/mol. The van der Waals surface area contributed by atoms with E-state index in [0.29, 0.717) is 6.61 Å². The highest BCUT2D eigenvalue weighted by atomic mass is 16.5. The SMILES string of the molecule is CNCCNc1ccc(OCc2ccccc2)cc1. The first kappa shape index (κ1) is 13.4. The third-order valence-corrected chi connectivity index (χ3v) is 2.81. The summed E-state index contributed by atoms with van der Waals surface area (Å²) >= 11 is 0. The summed E-state index contributed by atoms with van der Waals surface area (Å²) in [6.45, 7) is 2.47. The van der Waals surface area contributed by atoms with Gasteiger partial charge in [0, 0.05) is 18.8 Å². The molecule has 100 valence electrons. The van der Waals surface area contributed by atoms with Gasteiger partial charge in [-0.25, -0.2) is 0 Å². The minimum Gasteiger partial charge on any atom is -0.489 e. The van der Waals surface area contributed by atoms with E-state index in [2.05, 4.69) is 22.8 Å². The Kier molecular flexibility index (Phi) is 5.26. The van der Waals surface area contributed by atoms with Gasteiger partial charge in [0.15, 0.2) is 0 Å². The lowest BCUT2D eigenvalue weighted by atomic mass is 10.2. The van der Waals surface area contributed by atoms with E-state index in [4.69, 9.17) is 4.74 Å². The third kappa shape index (κ3) is 4.64.